The molecule has 0 radical (unpaired) electrons. The lowest BCUT2D eigenvalue weighted by Crippen LogP contribution is -2.19. The second-order valence-corrected chi connectivity index (χ2v) is 5.84. The number of nitrogens with one attached hydrogen (secondary N) is 1. The molecule has 2 heterocycles. The van der Waals surface area contributed by atoms with Crippen molar-refractivity contribution in [2.45, 2.75) is 6.92 Å². The molecule has 1 aliphatic rings. The average Bonchev–Trinajstić information content (AvgIpc) is 3.20. The van der Waals surface area contributed by atoms with Crippen molar-refractivity contribution in [3.8, 4) is 17.2 Å². The fraction of sp³-hybridized carbons (Fsp3) is 0.267. The van der Waals surface area contributed by atoms with Crippen LogP contribution in [0.4, 0.5) is 0 Å². The molecule has 1 aromatic heterocycles. The molecule has 24 heavy (non-hydrogen) atoms. The first kappa shape index (κ1) is 16.2. The summed E-state index contributed by atoms with van der Waals surface area (Å²) in [5.74, 6) is 0.643. The Kier molecular flexibility index (Phi) is 4.34. The van der Waals surface area contributed by atoms with Gasteiger partial charge < -0.3 is 24.3 Å². The van der Waals surface area contributed by atoms with Crippen molar-refractivity contribution in [3.63, 3.8) is 0 Å². The summed E-state index contributed by atoms with van der Waals surface area (Å²) in [6.45, 7) is 1.68. The molecule has 2 N–H and O–H groups in total. The molecule has 0 bridgehead atoms. The average molecular weight is 349 g/mol. The van der Waals surface area contributed by atoms with Crippen LogP contribution in [0.3, 0.4) is 0 Å². The minimum absolute atomic E-state index is 0.117. The molecular formula is C15H15N3O5S. The summed E-state index contributed by atoms with van der Waals surface area (Å²) >= 11 is 1.26. The van der Waals surface area contributed by atoms with E-state index in [1.165, 1.54) is 32.2 Å². The van der Waals surface area contributed by atoms with Crippen LogP contribution in [0, 0.1) is 0 Å². The van der Waals surface area contributed by atoms with E-state index in [4.69, 9.17) is 13.9 Å². The maximum absolute atomic E-state index is 11.2. The van der Waals surface area contributed by atoms with E-state index in [9.17, 15) is 9.90 Å². The summed E-state index contributed by atoms with van der Waals surface area (Å²) in [5, 5.41) is 22.3. The number of furan rings is 1. The van der Waals surface area contributed by atoms with Crippen LogP contribution < -0.4 is 14.8 Å². The number of hydrogen-bond acceptors (Lipinski definition) is 8. The van der Waals surface area contributed by atoms with Crippen LogP contribution in [-0.4, -0.2) is 41.9 Å². The largest absolute Gasteiger partial charge is 0.504 e. The van der Waals surface area contributed by atoms with E-state index in [1.54, 1.807) is 13.0 Å². The molecule has 1 aliphatic heterocycles. The number of fused-ring (bicyclic) bond motifs is 1. The van der Waals surface area contributed by atoms with Crippen molar-refractivity contribution in [1.82, 2.24) is 5.32 Å². The summed E-state index contributed by atoms with van der Waals surface area (Å²) in [6, 6.07) is 1.71. The van der Waals surface area contributed by atoms with Crippen molar-refractivity contribution in [2.75, 3.05) is 20.0 Å². The number of rotatable bonds is 4. The van der Waals surface area contributed by atoms with E-state index < -0.39 is 0 Å². The van der Waals surface area contributed by atoms with Crippen molar-refractivity contribution >= 4 is 39.5 Å². The Morgan fingerprint density at radius 3 is 2.75 bits per heavy atom. The van der Waals surface area contributed by atoms with Crippen molar-refractivity contribution in [3.05, 3.63) is 17.9 Å². The van der Waals surface area contributed by atoms with E-state index in [0.29, 0.717) is 38.9 Å². The maximum atomic E-state index is 11.2. The monoisotopic (exact) mass is 349 g/mol. The quantitative estimate of drug-likeness (QED) is 0.647. The number of ether oxygens (including phenoxy) is 2. The van der Waals surface area contributed by atoms with E-state index in [1.807, 2.05) is 0 Å². The number of benzene rings is 1. The summed E-state index contributed by atoms with van der Waals surface area (Å²) < 4.78 is 16.0. The summed E-state index contributed by atoms with van der Waals surface area (Å²) in [4.78, 5) is 11.2. The Morgan fingerprint density at radius 1 is 1.38 bits per heavy atom. The number of amidine groups is 1. The highest BCUT2D eigenvalue weighted by atomic mass is 32.2. The van der Waals surface area contributed by atoms with Gasteiger partial charge in [-0.1, -0.05) is 11.8 Å². The summed E-state index contributed by atoms with van der Waals surface area (Å²) in [5.41, 5.74) is 1.13. The lowest BCUT2D eigenvalue weighted by atomic mass is 10.0. The molecule has 1 fully saturated rings. The molecule has 0 spiro atoms. The summed E-state index contributed by atoms with van der Waals surface area (Å²) in [7, 11) is 2.92. The van der Waals surface area contributed by atoms with Crippen molar-refractivity contribution in [1.29, 1.82) is 0 Å². The minimum atomic E-state index is -0.152. The Labute approximate surface area is 141 Å². The fourth-order valence-corrected chi connectivity index (χ4v) is 3.04. The summed E-state index contributed by atoms with van der Waals surface area (Å²) in [6.07, 6.45) is 1.48. The van der Waals surface area contributed by atoms with Crippen LogP contribution in [0.15, 0.2) is 26.9 Å². The highest BCUT2D eigenvalue weighted by molar-refractivity contribution is 8.15. The van der Waals surface area contributed by atoms with Crippen LogP contribution in [-0.2, 0) is 4.79 Å². The van der Waals surface area contributed by atoms with Gasteiger partial charge in [0.05, 0.1) is 42.9 Å². The third kappa shape index (κ3) is 2.67. The Balaban J connectivity index is 2.14. The van der Waals surface area contributed by atoms with Crippen molar-refractivity contribution < 1.29 is 23.8 Å². The first-order chi connectivity index (χ1) is 11.6. The third-order valence-corrected chi connectivity index (χ3v) is 4.31. The minimum Gasteiger partial charge on any atom is -0.504 e. The zero-order valence-corrected chi connectivity index (χ0v) is 14.1. The zero-order valence-electron chi connectivity index (χ0n) is 13.2. The van der Waals surface area contributed by atoms with E-state index in [-0.39, 0.29) is 17.4 Å². The number of methoxy groups -OCH3 is 2. The van der Waals surface area contributed by atoms with E-state index in [0.717, 1.165) is 0 Å². The molecule has 1 amide bonds. The van der Waals surface area contributed by atoms with Gasteiger partial charge in [0, 0.05) is 0 Å². The molecule has 1 saturated heterocycles. The molecule has 0 aliphatic carbocycles. The van der Waals surface area contributed by atoms with Crippen LogP contribution in [0.5, 0.6) is 17.2 Å². The maximum Gasteiger partial charge on any atom is 0.236 e. The number of hydrogen-bond donors (Lipinski definition) is 2. The van der Waals surface area contributed by atoms with Crippen LogP contribution in [0.2, 0.25) is 0 Å². The first-order valence-corrected chi connectivity index (χ1v) is 7.94. The molecule has 8 nitrogen and oxygen atoms in total. The van der Waals surface area contributed by atoms with Gasteiger partial charge in [-0.25, -0.2) is 0 Å². The molecule has 1 aromatic carbocycles. The molecule has 0 saturated carbocycles. The van der Waals surface area contributed by atoms with Crippen molar-refractivity contribution in [2.24, 2.45) is 10.2 Å². The van der Waals surface area contributed by atoms with Gasteiger partial charge in [-0.05, 0) is 13.0 Å². The standard InChI is InChI=1S/C15H15N3O5S/c1-7(17-18-15-16-9(19)6-24-15)10-11(20)14(22-3)13-8(4-5-23-13)12(10)21-2/h4-5,20H,6H2,1-3H3,(H,16,18,19)/b17-7+. The lowest BCUT2D eigenvalue weighted by molar-refractivity contribution is -0.116. The van der Waals surface area contributed by atoms with Crippen LogP contribution in [0.25, 0.3) is 11.0 Å². The van der Waals surface area contributed by atoms with Gasteiger partial charge in [0.2, 0.25) is 11.7 Å². The van der Waals surface area contributed by atoms with Gasteiger partial charge in [0.25, 0.3) is 0 Å². The molecule has 126 valence electrons. The van der Waals surface area contributed by atoms with Gasteiger partial charge in [0.15, 0.2) is 16.5 Å². The highest BCUT2D eigenvalue weighted by Crippen LogP contribution is 2.45. The molecule has 0 atom stereocenters. The van der Waals surface area contributed by atoms with Crippen LogP contribution >= 0.6 is 11.8 Å². The van der Waals surface area contributed by atoms with E-state index >= 15 is 0 Å². The topological polar surface area (TPSA) is 106 Å². The normalized spacial score (nSPS) is 16.7. The number of carbonyl (C=O) groups is 1. The Hall–Kier alpha value is -2.68. The van der Waals surface area contributed by atoms with Gasteiger partial charge in [-0.3, -0.25) is 4.79 Å². The fourth-order valence-electron chi connectivity index (χ4n) is 2.41. The molecule has 3 rings (SSSR count). The molecule has 9 heteroatoms. The van der Waals surface area contributed by atoms with Gasteiger partial charge in [-0.15, -0.1) is 5.10 Å². The molecular weight excluding hydrogens is 334 g/mol. The Bertz CT molecular complexity index is 872. The van der Waals surface area contributed by atoms with Gasteiger partial charge in [0.1, 0.15) is 5.75 Å². The van der Waals surface area contributed by atoms with Gasteiger partial charge >= 0.3 is 0 Å². The second kappa shape index (κ2) is 6.44. The number of amides is 1. The second-order valence-electron chi connectivity index (χ2n) is 4.88. The van der Waals surface area contributed by atoms with E-state index in [2.05, 4.69) is 15.5 Å². The highest BCUT2D eigenvalue weighted by Gasteiger charge is 2.25. The number of thioether (sulfide) groups is 1. The smallest absolute Gasteiger partial charge is 0.236 e. The zero-order chi connectivity index (χ0) is 17.3. The first-order valence-electron chi connectivity index (χ1n) is 6.96. The molecule has 2 aromatic rings. The predicted molar refractivity (Wildman–Crippen MR) is 91.2 cm³/mol. The number of carbonyl (C=O) groups excluding carboxylic acids is 1. The number of nitrogens with zero attached hydrogens (tertiary/aromatic N) is 2. The number of aromatic hydroxyl groups is 1. The molecule has 0 unspecified atom stereocenters. The van der Waals surface area contributed by atoms with Crippen LogP contribution in [0.1, 0.15) is 12.5 Å². The number of phenols is 1. The van der Waals surface area contributed by atoms with Gasteiger partial charge in [-0.2, -0.15) is 5.10 Å². The third-order valence-electron chi connectivity index (χ3n) is 3.44. The Morgan fingerprint density at radius 2 is 2.12 bits per heavy atom. The number of phenolic OH excluding ortho intramolecular Hbond substituents is 1. The SMILES string of the molecule is COc1c(/C(C)=N/N=C2/NC(=O)CS2)c(O)c(OC)c2occc12. The lowest BCUT2D eigenvalue weighted by Gasteiger charge is -2.14. The predicted octanol–water partition coefficient (Wildman–Crippen LogP) is 2.10.